The van der Waals surface area contributed by atoms with Crippen LogP contribution in [0, 0.1) is 11.3 Å². The Labute approximate surface area is 170 Å². The van der Waals surface area contributed by atoms with Gasteiger partial charge in [-0.2, -0.15) is 5.26 Å². The third kappa shape index (κ3) is 7.15. The van der Waals surface area contributed by atoms with E-state index in [9.17, 15) is 14.9 Å². The van der Waals surface area contributed by atoms with Crippen molar-refractivity contribution in [2.24, 2.45) is 0 Å². The molecule has 0 atom stereocenters. The molecule has 2 aromatic carbocycles. The Bertz CT molecular complexity index is 894. The maximum atomic E-state index is 12.1. The van der Waals surface area contributed by atoms with E-state index in [1.165, 1.54) is 11.6 Å². The first-order valence-corrected chi connectivity index (χ1v) is 9.37. The van der Waals surface area contributed by atoms with Crippen LogP contribution >= 0.6 is 0 Å². The van der Waals surface area contributed by atoms with E-state index < -0.39 is 18.5 Å². The van der Waals surface area contributed by atoms with Gasteiger partial charge in [0.25, 0.3) is 5.91 Å². The number of amides is 1. The third-order valence-corrected chi connectivity index (χ3v) is 4.16. The maximum Gasteiger partial charge on any atom is 0.349 e. The number of ether oxygens (including phenoxy) is 2. The molecule has 150 valence electrons. The molecule has 0 aliphatic rings. The number of nitriles is 1. The van der Waals surface area contributed by atoms with Gasteiger partial charge in [0.2, 0.25) is 0 Å². The average Bonchev–Trinajstić information content (AvgIpc) is 2.75. The van der Waals surface area contributed by atoms with Gasteiger partial charge >= 0.3 is 5.97 Å². The van der Waals surface area contributed by atoms with Gasteiger partial charge in [0.15, 0.2) is 6.61 Å². The van der Waals surface area contributed by atoms with Crippen LogP contribution in [0.2, 0.25) is 0 Å². The summed E-state index contributed by atoms with van der Waals surface area (Å²) in [5, 5.41) is 11.9. The summed E-state index contributed by atoms with van der Waals surface area (Å²) in [6.07, 6.45) is 4.64. The number of aryl methyl sites for hydroxylation is 1. The number of carbonyl (C=O) groups is 2. The molecular weight excluding hydrogens is 368 g/mol. The van der Waals surface area contributed by atoms with Crippen molar-refractivity contribution < 1.29 is 19.1 Å². The van der Waals surface area contributed by atoms with Crippen LogP contribution in [0.15, 0.2) is 54.1 Å². The minimum Gasteiger partial charge on any atom is -0.497 e. The highest BCUT2D eigenvalue weighted by atomic mass is 16.5. The van der Waals surface area contributed by atoms with Crippen molar-refractivity contribution in [2.75, 3.05) is 19.0 Å². The Kier molecular flexibility index (Phi) is 8.46. The Morgan fingerprint density at radius 3 is 2.38 bits per heavy atom. The van der Waals surface area contributed by atoms with Gasteiger partial charge in [0.05, 0.1) is 7.11 Å². The minimum absolute atomic E-state index is 0.191. The smallest absolute Gasteiger partial charge is 0.349 e. The fraction of sp³-hybridized carbons (Fsp3) is 0.261. The molecule has 2 aromatic rings. The molecule has 29 heavy (non-hydrogen) atoms. The normalized spacial score (nSPS) is 10.7. The standard InChI is InChI=1S/C23H24N2O4/c1-3-4-5-17-6-10-20(11-7-17)25-22(26)16-29-23(27)19(15-24)14-18-8-12-21(28-2)13-9-18/h6-14H,3-5,16H2,1-2H3,(H,25,26)/b19-14+. The van der Waals surface area contributed by atoms with Crippen LogP contribution < -0.4 is 10.1 Å². The predicted molar refractivity (Wildman–Crippen MR) is 111 cm³/mol. The molecular formula is C23H24N2O4. The molecule has 6 heteroatoms. The highest BCUT2D eigenvalue weighted by Crippen LogP contribution is 2.15. The van der Waals surface area contributed by atoms with Crippen LogP contribution in [0.3, 0.4) is 0 Å². The van der Waals surface area contributed by atoms with Crippen molar-refractivity contribution in [1.82, 2.24) is 0 Å². The second-order valence-corrected chi connectivity index (χ2v) is 6.37. The molecule has 0 fully saturated rings. The molecule has 0 unspecified atom stereocenters. The second-order valence-electron chi connectivity index (χ2n) is 6.37. The topological polar surface area (TPSA) is 88.4 Å². The predicted octanol–water partition coefficient (Wildman–Crippen LogP) is 4.13. The minimum atomic E-state index is -0.853. The quantitative estimate of drug-likeness (QED) is 0.394. The summed E-state index contributed by atoms with van der Waals surface area (Å²) in [6, 6.07) is 16.2. The van der Waals surface area contributed by atoms with Gasteiger partial charge in [-0.1, -0.05) is 37.6 Å². The SMILES string of the molecule is CCCCc1ccc(NC(=O)COC(=O)/C(C#N)=C/c2ccc(OC)cc2)cc1. The van der Waals surface area contributed by atoms with Crippen molar-refractivity contribution in [1.29, 1.82) is 5.26 Å². The number of nitrogens with one attached hydrogen (secondary N) is 1. The molecule has 0 heterocycles. The Balaban J connectivity index is 1.88. The van der Waals surface area contributed by atoms with Crippen molar-refractivity contribution in [3.05, 3.63) is 65.2 Å². The first kappa shape index (κ1) is 21.7. The number of rotatable bonds is 9. The maximum absolute atomic E-state index is 12.1. The van der Waals surface area contributed by atoms with Gasteiger partial charge in [-0.3, -0.25) is 4.79 Å². The molecule has 0 aliphatic heterocycles. The Hall–Kier alpha value is -3.59. The van der Waals surface area contributed by atoms with E-state index in [4.69, 9.17) is 9.47 Å². The van der Waals surface area contributed by atoms with Crippen LogP contribution in [0.5, 0.6) is 5.75 Å². The Morgan fingerprint density at radius 1 is 1.10 bits per heavy atom. The molecule has 6 nitrogen and oxygen atoms in total. The second kappa shape index (κ2) is 11.3. The van der Waals surface area contributed by atoms with E-state index in [1.807, 2.05) is 24.3 Å². The first-order chi connectivity index (χ1) is 14.0. The van der Waals surface area contributed by atoms with Crippen LogP contribution in [0.25, 0.3) is 6.08 Å². The molecule has 0 bridgehead atoms. The van der Waals surface area contributed by atoms with Crippen LogP contribution in [-0.2, 0) is 20.7 Å². The van der Waals surface area contributed by atoms with Crippen LogP contribution in [-0.4, -0.2) is 25.6 Å². The molecule has 0 radical (unpaired) electrons. The number of anilines is 1. The third-order valence-electron chi connectivity index (χ3n) is 4.16. The number of carbonyl (C=O) groups excluding carboxylic acids is 2. The van der Waals surface area contributed by atoms with Crippen LogP contribution in [0.4, 0.5) is 5.69 Å². The zero-order valence-corrected chi connectivity index (χ0v) is 16.6. The zero-order valence-electron chi connectivity index (χ0n) is 16.6. The zero-order chi connectivity index (χ0) is 21.1. The molecule has 2 rings (SSSR count). The van der Waals surface area contributed by atoms with Gasteiger partial charge < -0.3 is 14.8 Å². The lowest BCUT2D eigenvalue weighted by molar-refractivity contribution is -0.142. The monoisotopic (exact) mass is 392 g/mol. The number of benzene rings is 2. The summed E-state index contributed by atoms with van der Waals surface area (Å²) < 4.78 is 10.0. The number of methoxy groups -OCH3 is 1. The fourth-order valence-corrected chi connectivity index (χ4v) is 2.55. The number of unbranched alkanes of at least 4 members (excludes halogenated alkanes) is 1. The molecule has 0 aliphatic carbocycles. The van der Waals surface area contributed by atoms with Gasteiger partial charge in [-0.05, 0) is 54.3 Å². The number of esters is 1. The summed E-state index contributed by atoms with van der Waals surface area (Å²) in [7, 11) is 1.55. The van der Waals surface area contributed by atoms with E-state index in [-0.39, 0.29) is 5.57 Å². The summed E-state index contributed by atoms with van der Waals surface area (Å²) in [6.45, 7) is 1.66. The Morgan fingerprint density at radius 2 is 1.79 bits per heavy atom. The van der Waals surface area contributed by atoms with Crippen molar-refractivity contribution >= 4 is 23.6 Å². The average molecular weight is 392 g/mol. The highest BCUT2D eigenvalue weighted by molar-refractivity contribution is 6.00. The van der Waals surface area contributed by atoms with E-state index in [0.717, 1.165) is 19.3 Å². The largest absolute Gasteiger partial charge is 0.497 e. The first-order valence-electron chi connectivity index (χ1n) is 9.37. The van der Waals surface area contributed by atoms with E-state index in [0.29, 0.717) is 17.0 Å². The molecule has 1 N–H and O–H groups in total. The van der Waals surface area contributed by atoms with E-state index >= 15 is 0 Å². The van der Waals surface area contributed by atoms with Crippen molar-refractivity contribution in [3.63, 3.8) is 0 Å². The van der Waals surface area contributed by atoms with Gasteiger partial charge in [0, 0.05) is 5.69 Å². The lowest BCUT2D eigenvalue weighted by Gasteiger charge is -2.07. The summed E-state index contributed by atoms with van der Waals surface area (Å²) in [5.74, 6) is -0.659. The van der Waals surface area contributed by atoms with Crippen molar-refractivity contribution in [3.8, 4) is 11.8 Å². The summed E-state index contributed by atoms with van der Waals surface area (Å²) >= 11 is 0. The lowest BCUT2D eigenvalue weighted by Crippen LogP contribution is -2.21. The van der Waals surface area contributed by atoms with Gasteiger partial charge in [0.1, 0.15) is 17.4 Å². The van der Waals surface area contributed by atoms with Gasteiger partial charge in [-0.25, -0.2) is 4.79 Å². The molecule has 1 amide bonds. The highest BCUT2D eigenvalue weighted by Gasteiger charge is 2.13. The van der Waals surface area contributed by atoms with E-state index in [2.05, 4.69) is 12.2 Å². The lowest BCUT2D eigenvalue weighted by atomic mass is 10.1. The molecule has 0 spiro atoms. The van der Waals surface area contributed by atoms with Crippen molar-refractivity contribution in [2.45, 2.75) is 26.2 Å². The van der Waals surface area contributed by atoms with Crippen LogP contribution in [0.1, 0.15) is 30.9 Å². The summed E-state index contributed by atoms with van der Waals surface area (Å²) in [5.41, 5.74) is 2.29. The summed E-state index contributed by atoms with van der Waals surface area (Å²) in [4.78, 5) is 24.1. The fourth-order valence-electron chi connectivity index (χ4n) is 2.55. The van der Waals surface area contributed by atoms with Gasteiger partial charge in [-0.15, -0.1) is 0 Å². The number of hydrogen-bond donors (Lipinski definition) is 1. The van der Waals surface area contributed by atoms with E-state index in [1.54, 1.807) is 37.4 Å². The molecule has 0 aromatic heterocycles. The molecule has 0 saturated heterocycles. The number of nitrogens with zero attached hydrogens (tertiary/aromatic N) is 1. The number of hydrogen-bond acceptors (Lipinski definition) is 5. The molecule has 0 saturated carbocycles.